The first-order chi connectivity index (χ1) is 12.2. The van der Waals surface area contributed by atoms with E-state index >= 15 is 0 Å². The molecule has 0 bridgehead atoms. The van der Waals surface area contributed by atoms with E-state index in [0.717, 1.165) is 12.1 Å². The van der Waals surface area contributed by atoms with Crippen molar-refractivity contribution in [3.8, 4) is 0 Å². The number of carbonyl (C=O) groups excluding carboxylic acids is 1. The van der Waals surface area contributed by atoms with E-state index in [1.54, 1.807) is 0 Å². The number of hydrogen-bond acceptors (Lipinski definition) is 3. The fraction of sp³-hybridized carbons (Fsp3) is 0.467. The summed E-state index contributed by atoms with van der Waals surface area (Å²) >= 11 is 3.00. The second kappa shape index (κ2) is 6.73. The lowest BCUT2D eigenvalue weighted by atomic mass is 9.92. The Kier molecular flexibility index (Phi) is 5.38. The van der Waals surface area contributed by atoms with E-state index in [1.165, 1.54) is 19.1 Å². The molecule has 0 fully saturated rings. The summed E-state index contributed by atoms with van der Waals surface area (Å²) in [7, 11) is 0. The minimum Gasteiger partial charge on any atom is -0.364 e. The Morgan fingerprint density at radius 2 is 1.85 bits per heavy atom. The van der Waals surface area contributed by atoms with Gasteiger partial charge in [0.2, 0.25) is 5.72 Å². The van der Waals surface area contributed by atoms with Crippen molar-refractivity contribution in [2.45, 2.75) is 43.5 Å². The molecule has 150 valence electrons. The van der Waals surface area contributed by atoms with Gasteiger partial charge in [-0.15, -0.1) is 0 Å². The number of nitrogens with zero attached hydrogens (tertiary/aromatic N) is 2. The molecule has 0 spiro atoms. The van der Waals surface area contributed by atoms with E-state index in [2.05, 4.69) is 21.0 Å². The van der Waals surface area contributed by atoms with Crippen molar-refractivity contribution in [3.63, 3.8) is 0 Å². The van der Waals surface area contributed by atoms with Crippen LogP contribution in [0.4, 0.5) is 30.7 Å². The van der Waals surface area contributed by atoms with Gasteiger partial charge in [-0.2, -0.15) is 40.8 Å². The van der Waals surface area contributed by atoms with Crippen LogP contribution in [0.15, 0.2) is 33.8 Å². The van der Waals surface area contributed by atoms with E-state index in [-0.39, 0.29) is 17.7 Å². The molecule has 1 unspecified atom stereocenters. The summed E-state index contributed by atoms with van der Waals surface area (Å²) in [5.41, 5.74) is -4.88. The fourth-order valence-electron chi connectivity index (χ4n) is 2.45. The SMILES string of the molecule is CCC1=NN(C(=O)c2cccc(Br)c2)C(O)(C(F)(F)C(F)(F)C(F)(F)F)C1. The van der Waals surface area contributed by atoms with Gasteiger partial charge in [-0.25, -0.2) is 0 Å². The number of carbonyl (C=O) groups is 1. The number of hydrazone groups is 1. The first-order valence-electron chi connectivity index (χ1n) is 7.40. The third kappa shape index (κ3) is 3.33. The summed E-state index contributed by atoms with van der Waals surface area (Å²) in [4.78, 5) is 12.5. The molecule has 1 amide bonds. The molecule has 0 radical (unpaired) electrons. The highest BCUT2D eigenvalue weighted by Crippen LogP contribution is 2.54. The monoisotopic (exact) mass is 464 g/mol. The van der Waals surface area contributed by atoms with Crippen molar-refractivity contribution in [3.05, 3.63) is 34.3 Å². The van der Waals surface area contributed by atoms with Crippen molar-refractivity contribution in [1.82, 2.24) is 5.01 Å². The van der Waals surface area contributed by atoms with Crippen LogP contribution in [0.5, 0.6) is 0 Å². The minimum atomic E-state index is -6.66. The highest BCUT2D eigenvalue weighted by molar-refractivity contribution is 9.10. The molecular formula is C15H12BrF7N2O2. The van der Waals surface area contributed by atoms with Gasteiger partial charge in [-0.3, -0.25) is 4.79 Å². The lowest BCUT2D eigenvalue weighted by Crippen LogP contribution is -2.69. The number of hydrogen-bond donors (Lipinski definition) is 1. The fourth-order valence-corrected chi connectivity index (χ4v) is 2.84. The zero-order chi connectivity index (χ0) is 20.8. The van der Waals surface area contributed by atoms with E-state index in [1.807, 2.05) is 0 Å². The van der Waals surface area contributed by atoms with Gasteiger partial charge in [0.05, 0.1) is 0 Å². The van der Waals surface area contributed by atoms with Gasteiger partial charge in [0, 0.05) is 22.2 Å². The number of alkyl halides is 7. The molecule has 1 N–H and O–H groups in total. The van der Waals surface area contributed by atoms with Gasteiger partial charge >= 0.3 is 18.0 Å². The Bertz CT molecular complexity index is 782. The van der Waals surface area contributed by atoms with Crippen LogP contribution >= 0.6 is 15.9 Å². The Morgan fingerprint density at radius 3 is 2.33 bits per heavy atom. The Labute approximate surface area is 156 Å². The molecule has 1 aliphatic rings. The van der Waals surface area contributed by atoms with Crippen LogP contribution in [0, 0.1) is 0 Å². The largest absolute Gasteiger partial charge is 0.460 e. The Hall–Kier alpha value is -1.69. The smallest absolute Gasteiger partial charge is 0.364 e. The molecule has 0 aliphatic carbocycles. The molecule has 4 nitrogen and oxygen atoms in total. The Morgan fingerprint density at radius 1 is 1.26 bits per heavy atom. The second-order valence-electron chi connectivity index (χ2n) is 5.79. The molecule has 12 heteroatoms. The maximum absolute atomic E-state index is 14.3. The van der Waals surface area contributed by atoms with E-state index in [0.29, 0.717) is 4.47 Å². The van der Waals surface area contributed by atoms with Gasteiger partial charge in [-0.05, 0) is 24.6 Å². The summed E-state index contributed by atoms with van der Waals surface area (Å²) in [5, 5.41) is 13.2. The summed E-state index contributed by atoms with van der Waals surface area (Å²) in [6, 6.07) is 4.98. The quantitative estimate of drug-likeness (QED) is 0.663. The lowest BCUT2D eigenvalue weighted by molar-refractivity contribution is -0.400. The summed E-state index contributed by atoms with van der Waals surface area (Å²) < 4.78 is 93.6. The van der Waals surface area contributed by atoms with Crippen molar-refractivity contribution in [2.75, 3.05) is 0 Å². The van der Waals surface area contributed by atoms with Gasteiger partial charge < -0.3 is 5.11 Å². The maximum Gasteiger partial charge on any atom is 0.460 e. The third-order valence-electron chi connectivity index (χ3n) is 3.97. The zero-order valence-corrected chi connectivity index (χ0v) is 15.1. The van der Waals surface area contributed by atoms with E-state index in [9.17, 15) is 40.6 Å². The minimum absolute atomic E-state index is 0.155. The van der Waals surface area contributed by atoms with E-state index in [4.69, 9.17) is 0 Å². The van der Waals surface area contributed by atoms with Gasteiger partial charge in [0.25, 0.3) is 5.91 Å². The zero-order valence-electron chi connectivity index (χ0n) is 13.5. The average molecular weight is 465 g/mol. The highest BCUT2D eigenvalue weighted by atomic mass is 79.9. The van der Waals surface area contributed by atoms with Crippen molar-refractivity contribution < 1.29 is 40.6 Å². The van der Waals surface area contributed by atoms with Crippen LogP contribution in [0.25, 0.3) is 0 Å². The molecule has 1 aromatic rings. The second-order valence-corrected chi connectivity index (χ2v) is 6.70. The number of rotatable bonds is 4. The van der Waals surface area contributed by atoms with Crippen molar-refractivity contribution in [2.24, 2.45) is 5.10 Å². The van der Waals surface area contributed by atoms with Gasteiger partial charge in [-0.1, -0.05) is 28.9 Å². The number of aliphatic hydroxyl groups is 1. The topological polar surface area (TPSA) is 52.9 Å². The third-order valence-corrected chi connectivity index (χ3v) is 4.46. The molecule has 2 rings (SSSR count). The van der Waals surface area contributed by atoms with Crippen LogP contribution < -0.4 is 0 Å². The molecule has 1 heterocycles. The average Bonchev–Trinajstić information content (AvgIpc) is 2.91. The van der Waals surface area contributed by atoms with Crippen molar-refractivity contribution >= 4 is 27.5 Å². The van der Waals surface area contributed by atoms with Gasteiger partial charge in [0.15, 0.2) is 0 Å². The van der Waals surface area contributed by atoms with E-state index < -0.39 is 41.1 Å². The first kappa shape index (κ1) is 21.6. The predicted octanol–water partition coefficient (Wildman–Crippen LogP) is 4.58. The molecule has 1 aliphatic heterocycles. The maximum atomic E-state index is 14.3. The molecular weight excluding hydrogens is 453 g/mol. The standard InChI is InChI=1S/C15H12BrF7N2O2/c1-2-10-7-12(27,13(17,18)14(19,20)15(21,22)23)25(24-10)11(26)8-4-3-5-9(16)6-8/h3-6,27H,2,7H2,1H3. The summed E-state index contributed by atoms with van der Waals surface area (Å²) in [6.07, 6.45) is -8.17. The molecule has 0 saturated carbocycles. The van der Waals surface area contributed by atoms with Crippen LogP contribution in [0.3, 0.4) is 0 Å². The van der Waals surface area contributed by atoms with Crippen LogP contribution in [-0.2, 0) is 0 Å². The van der Waals surface area contributed by atoms with Crippen LogP contribution in [-0.4, -0.2) is 45.5 Å². The summed E-state index contributed by atoms with van der Waals surface area (Å²) in [5.74, 6) is -14.1. The summed E-state index contributed by atoms with van der Waals surface area (Å²) in [6.45, 7) is 1.35. The Balaban J connectivity index is 2.57. The normalized spacial score (nSPS) is 21.4. The van der Waals surface area contributed by atoms with Crippen molar-refractivity contribution in [1.29, 1.82) is 0 Å². The molecule has 0 saturated heterocycles. The number of halogens is 8. The number of amides is 1. The van der Waals surface area contributed by atoms with Gasteiger partial charge in [0.1, 0.15) is 0 Å². The van der Waals surface area contributed by atoms with Crippen LogP contribution in [0.1, 0.15) is 30.1 Å². The van der Waals surface area contributed by atoms with Crippen LogP contribution in [0.2, 0.25) is 0 Å². The highest BCUT2D eigenvalue weighted by Gasteiger charge is 2.82. The first-order valence-corrected chi connectivity index (χ1v) is 8.19. The lowest BCUT2D eigenvalue weighted by Gasteiger charge is -2.41. The molecule has 1 aromatic carbocycles. The molecule has 0 aromatic heterocycles. The predicted molar refractivity (Wildman–Crippen MR) is 83.6 cm³/mol. The molecule has 1 atom stereocenters. The molecule has 27 heavy (non-hydrogen) atoms. The number of benzene rings is 1.